The van der Waals surface area contributed by atoms with Crippen LogP contribution in [0.25, 0.3) is 0 Å². The van der Waals surface area contributed by atoms with Crippen molar-refractivity contribution in [1.29, 1.82) is 0 Å². The zero-order valence-electron chi connectivity index (χ0n) is 12.3. The number of aryl methyl sites for hydroxylation is 2. The molecule has 1 saturated heterocycles. The van der Waals surface area contributed by atoms with Gasteiger partial charge >= 0.3 is 0 Å². The smallest absolute Gasteiger partial charge is 0.0860 e. The Morgan fingerprint density at radius 3 is 2.89 bits per heavy atom. The van der Waals surface area contributed by atoms with Crippen molar-refractivity contribution in [3.8, 4) is 0 Å². The summed E-state index contributed by atoms with van der Waals surface area (Å²) in [6, 6.07) is 0.486. The largest absolute Gasteiger partial charge is 0.375 e. The molecule has 1 unspecified atom stereocenters. The minimum atomic E-state index is -0.0272. The fraction of sp³-hybridized carbons (Fsp3) is 0.786. The third-order valence-electron chi connectivity index (χ3n) is 3.71. The summed E-state index contributed by atoms with van der Waals surface area (Å²) in [5.41, 5.74) is 1.97. The van der Waals surface area contributed by atoms with Crippen LogP contribution in [-0.4, -0.2) is 28.0 Å². The van der Waals surface area contributed by atoms with Gasteiger partial charge in [0.15, 0.2) is 0 Å². The van der Waals surface area contributed by atoms with E-state index in [1.54, 1.807) is 0 Å². The Labute approximate surface area is 120 Å². The molecule has 0 aliphatic carbocycles. The Balaban J connectivity index is 1.99. The van der Waals surface area contributed by atoms with E-state index in [0.29, 0.717) is 6.04 Å². The lowest BCUT2D eigenvalue weighted by Crippen LogP contribution is -2.43. The zero-order valence-corrected chi connectivity index (χ0v) is 13.0. The van der Waals surface area contributed by atoms with Crippen LogP contribution in [-0.2, 0) is 17.8 Å². The molecule has 4 nitrogen and oxygen atoms in total. The van der Waals surface area contributed by atoms with E-state index >= 15 is 0 Å². The summed E-state index contributed by atoms with van der Waals surface area (Å²) in [4.78, 5) is 0. The van der Waals surface area contributed by atoms with E-state index in [9.17, 15) is 0 Å². The number of hydrogen-bond acceptors (Lipinski definition) is 3. The molecule has 19 heavy (non-hydrogen) atoms. The predicted molar refractivity (Wildman–Crippen MR) is 77.5 cm³/mol. The van der Waals surface area contributed by atoms with E-state index in [4.69, 9.17) is 16.3 Å². The van der Waals surface area contributed by atoms with Gasteiger partial charge in [0.2, 0.25) is 0 Å². The van der Waals surface area contributed by atoms with Gasteiger partial charge in [0.1, 0.15) is 0 Å². The van der Waals surface area contributed by atoms with Crippen molar-refractivity contribution < 1.29 is 4.74 Å². The van der Waals surface area contributed by atoms with Crippen LogP contribution in [0.15, 0.2) is 0 Å². The van der Waals surface area contributed by atoms with Gasteiger partial charge in [-0.15, -0.1) is 0 Å². The Hall–Kier alpha value is -0.580. The quantitative estimate of drug-likeness (QED) is 0.924. The summed E-state index contributed by atoms with van der Waals surface area (Å²) in [7, 11) is 0. The number of nitrogens with zero attached hydrogens (tertiary/aromatic N) is 2. The molecule has 2 rings (SSSR count). The van der Waals surface area contributed by atoms with Gasteiger partial charge in [-0.25, -0.2) is 0 Å². The SMILES string of the molecule is CCn1nc(C)c(Cl)c1CNC1CCOC(C)(C)C1. The molecular formula is C14H24ClN3O. The molecule has 1 N–H and O–H groups in total. The lowest BCUT2D eigenvalue weighted by atomic mass is 9.94. The standard InChI is InChI=1S/C14H24ClN3O/c1-5-18-12(13(15)10(2)17-18)9-16-11-6-7-19-14(3,4)8-11/h11,16H,5-9H2,1-4H3. The number of nitrogens with one attached hydrogen (secondary N) is 1. The van der Waals surface area contributed by atoms with Crippen LogP contribution in [0.4, 0.5) is 0 Å². The monoisotopic (exact) mass is 285 g/mol. The molecule has 0 bridgehead atoms. The second kappa shape index (κ2) is 5.81. The second-order valence-electron chi connectivity index (χ2n) is 5.84. The first kappa shape index (κ1) is 14.8. The predicted octanol–water partition coefficient (Wildman–Crippen LogP) is 2.91. The molecule has 108 valence electrons. The van der Waals surface area contributed by atoms with Crippen molar-refractivity contribution in [3.05, 3.63) is 16.4 Å². The Morgan fingerprint density at radius 2 is 2.26 bits per heavy atom. The maximum Gasteiger partial charge on any atom is 0.0860 e. The highest BCUT2D eigenvalue weighted by Crippen LogP contribution is 2.25. The Bertz CT molecular complexity index is 442. The first-order valence-electron chi connectivity index (χ1n) is 7.02. The fourth-order valence-corrected chi connectivity index (χ4v) is 2.89. The van der Waals surface area contributed by atoms with E-state index in [-0.39, 0.29) is 5.60 Å². The molecule has 1 aromatic heterocycles. The third-order valence-corrected chi connectivity index (χ3v) is 4.20. The molecule has 5 heteroatoms. The van der Waals surface area contributed by atoms with Crippen molar-refractivity contribution in [1.82, 2.24) is 15.1 Å². The number of halogens is 1. The molecule has 0 radical (unpaired) electrons. The van der Waals surface area contributed by atoms with Crippen LogP contribution in [0.5, 0.6) is 0 Å². The summed E-state index contributed by atoms with van der Waals surface area (Å²) < 4.78 is 7.72. The lowest BCUT2D eigenvalue weighted by molar-refractivity contribution is -0.0631. The molecule has 0 aromatic carbocycles. The van der Waals surface area contributed by atoms with Crippen LogP contribution in [0.2, 0.25) is 5.02 Å². The Morgan fingerprint density at radius 1 is 1.53 bits per heavy atom. The molecule has 0 saturated carbocycles. The van der Waals surface area contributed by atoms with Gasteiger partial charge in [0.25, 0.3) is 0 Å². The summed E-state index contributed by atoms with van der Waals surface area (Å²) in [5.74, 6) is 0. The first-order valence-corrected chi connectivity index (χ1v) is 7.40. The summed E-state index contributed by atoms with van der Waals surface area (Å²) in [6.45, 7) is 10.8. The topological polar surface area (TPSA) is 39.1 Å². The number of ether oxygens (including phenoxy) is 1. The van der Waals surface area contributed by atoms with E-state index in [1.165, 1.54) is 0 Å². The number of aromatic nitrogens is 2. The molecule has 0 spiro atoms. The summed E-state index contributed by atoms with van der Waals surface area (Å²) in [5, 5.41) is 8.83. The average Bonchev–Trinajstić information content (AvgIpc) is 2.62. The van der Waals surface area contributed by atoms with Gasteiger partial charge in [-0.3, -0.25) is 4.68 Å². The van der Waals surface area contributed by atoms with E-state index in [0.717, 1.165) is 48.9 Å². The van der Waals surface area contributed by atoms with Crippen molar-refractivity contribution in [2.24, 2.45) is 0 Å². The van der Waals surface area contributed by atoms with Gasteiger partial charge in [-0.05, 0) is 40.5 Å². The normalized spacial score (nSPS) is 22.7. The highest BCUT2D eigenvalue weighted by atomic mass is 35.5. The van der Waals surface area contributed by atoms with Crippen LogP contribution in [0, 0.1) is 6.92 Å². The fourth-order valence-electron chi connectivity index (χ4n) is 2.68. The molecule has 1 aliphatic rings. The van der Waals surface area contributed by atoms with Crippen molar-refractivity contribution in [2.45, 2.75) is 65.3 Å². The van der Waals surface area contributed by atoms with Crippen molar-refractivity contribution in [2.75, 3.05) is 6.61 Å². The highest BCUT2D eigenvalue weighted by Gasteiger charge is 2.28. The molecular weight excluding hydrogens is 262 g/mol. The van der Waals surface area contributed by atoms with E-state index in [1.807, 2.05) is 11.6 Å². The van der Waals surface area contributed by atoms with E-state index < -0.39 is 0 Å². The maximum absolute atomic E-state index is 6.32. The first-order chi connectivity index (χ1) is 8.93. The molecule has 1 fully saturated rings. The van der Waals surface area contributed by atoms with E-state index in [2.05, 4.69) is 31.2 Å². The lowest BCUT2D eigenvalue weighted by Gasteiger charge is -2.36. The van der Waals surface area contributed by atoms with Gasteiger partial charge in [0.05, 0.1) is 22.0 Å². The van der Waals surface area contributed by atoms with Gasteiger partial charge in [0, 0.05) is 25.7 Å². The van der Waals surface area contributed by atoms with Crippen LogP contribution >= 0.6 is 11.6 Å². The summed E-state index contributed by atoms with van der Waals surface area (Å²) in [6.07, 6.45) is 2.09. The molecule has 1 aliphatic heterocycles. The van der Waals surface area contributed by atoms with Gasteiger partial charge < -0.3 is 10.1 Å². The summed E-state index contributed by atoms with van der Waals surface area (Å²) >= 11 is 6.32. The van der Waals surface area contributed by atoms with Gasteiger partial charge in [-0.2, -0.15) is 5.10 Å². The van der Waals surface area contributed by atoms with Gasteiger partial charge in [-0.1, -0.05) is 11.6 Å². The number of rotatable bonds is 4. The zero-order chi connectivity index (χ0) is 14.0. The van der Waals surface area contributed by atoms with Crippen molar-refractivity contribution in [3.63, 3.8) is 0 Å². The average molecular weight is 286 g/mol. The highest BCUT2D eigenvalue weighted by molar-refractivity contribution is 6.31. The minimum Gasteiger partial charge on any atom is -0.375 e. The number of hydrogen-bond donors (Lipinski definition) is 1. The van der Waals surface area contributed by atoms with Crippen molar-refractivity contribution >= 4 is 11.6 Å². The molecule has 1 aromatic rings. The third kappa shape index (κ3) is 3.50. The second-order valence-corrected chi connectivity index (χ2v) is 6.22. The van der Waals surface area contributed by atoms with Crippen LogP contribution in [0.1, 0.15) is 45.0 Å². The molecule has 1 atom stereocenters. The minimum absolute atomic E-state index is 0.0272. The van der Waals surface area contributed by atoms with Crippen LogP contribution < -0.4 is 5.32 Å². The molecule has 0 amide bonds. The Kier molecular flexibility index (Phi) is 4.54. The maximum atomic E-state index is 6.32. The molecule has 2 heterocycles. The van der Waals surface area contributed by atoms with Crippen LogP contribution in [0.3, 0.4) is 0 Å².